The van der Waals surface area contributed by atoms with Crippen LogP contribution in [0.25, 0.3) is 0 Å². The zero-order chi connectivity index (χ0) is 20.7. The quantitative estimate of drug-likeness (QED) is 0.572. The van der Waals surface area contributed by atoms with Gasteiger partial charge >= 0.3 is 6.36 Å². The van der Waals surface area contributed by atoms with Crippen molar-refractivity contribution in [3.8, 4) is 5.75 Å². The average Bonchev–Trinajstić information content (AvgIpc) is 3.22. The third-order valence-electron chi connectivity index (χ3n) is 4.93. The molecule has 29 heavy (non-hydrogen) atoms. The average molecular weight is 415 g/mol. The Balaban J connectivity index is 1.54. The van der Waals surface area contributed by atoms with E-state index >= 15 is 0 Å². The van der Waals surface area contributed by atoms with Crippen LogP contribution in [0.3, 0.4) is 0 Å². The van der Waals surface area contributed by atoms with Crippen molar-refractivity contribution >= 4 is 5.96 Å². The van der Waals surface area contributed by atoms with E-state index in [2.05, 4.69) is 15.0 Å². The maximum Gasteiger partial charge on any atom is 0.573 e. The number of hydrogen-bond acceptors (Lipinski definition) is 4. The van der Waals surface area contributed by atoms with Gasteiger partial charge in [-0.1, -0.05) is 12.1 Å². The van der Waals surface area contributed by atoms with E-state index in [1.54, 1.807) is 12.1 Å². The number of nitrogens with zero attached hydrogens (tertiary/aromatic N) is 2. The van der Waals surface area contributed by atoms with Gasteiger partial charge in [0.15, 0.2) is 5.96 Å². The number of ether oxygens (including phenoxy) is 3. The maximum atomic E-state index is 12.2. The fourth-order valence-electron chi connectivity index (χ4n) is 3.56. The van der Waals surface area contributed by atoms with Crippen LogP contribution >= 0.6 is 0 Å². The standard InChI is InChI=1S/C20H28F3N3O3/c1-2-24-19(26-11-13-28-18(14-26)17-4-3-12-27-17)25-10-9-15-5-7-16(8-6-15)29-20(21,22)23/h5-8,17-18H,2-4,9-14H2,1H3,(H,24,25). The van der Waals surface area contributed by atoms with Gasteiger partial charge in [-0.2, -0.15) is 0 Å². The molecule has 2 unspecified atom stereocenters. The van der Waals surface area contributed by atoms with Gasteiger partial charge in [0.25, 0.3) is 0 Å². The lowest BCUT2D eigenvalue weighted by Gasteiger charge is -2.37. The van der Waals surface area contributed by atoms with Crippen LogP contribution in [0.1, 0.15) is 25.3 Å². The Morgan fingerprint density at radius 3 is 2.62 bits per heavy atom. The molecule has 0 bridgehead atoms. The van der Waals surface area contributed by atoms with E-state index in [9.17, 15) is 13.2 Å². The van der Waals surface area contributed by atoms with Gasteiger partial charge in [0, 0.05) is 32.8 Å². The van der Waals surface area contributed by atoms with Gasteiger partial charge in [-0.25, -0.2) is 0 Å². The second kappa shape index (κ2) is 10.2. The molecule has 3 rings (SSSR count). The molecular weight excluding hydrogens is 387 g/mol. The summed E-state index contributed by atoms with van der Waals surface area (Å²) in [6.45, 7) is 6.24. The van der Waals surface area contributed by atoms with E-state index in [1.165, 1.54) is 12.1 Å². The minimum absolute atomic E-state index is 0.0521. The van der Waals surface area contributed by atoms with Crippen molar-refractivity contribution in [2.75, 3.05) is 39.4 Å². The summed E-state index contributed by atoms with van der Waals surface area (Å²) < 4.78 is 52.3. The molecule has 6 nitrogen and oxygen atoms in total. The zero-order valence-electron chi connectivity index (χ0n) is 16.6. The predicted molar refractivity (Wildman–Crippen MR) is 103 cm³/mol. The van der Waals surface area contributed by atoms with Gasteiger partial charge in [-0.05, 0) is 43.9 Å². The summed E-state index contributed by atoms with van der Waals surface area (Å²) in [5, 5.41) is 3.32. The van der Waals surface area contributed by atoms with Crippen molar-refractivity contribution < 1.29 is 27.4 Å². The van der Waals surface area contributed by atoms with Crippen LogP contribution in [0.5, 0.6) is 5.75 Å². The molecule has 1 N–H and O–H groups in total. The van der Waals surface area contributed by atoms with Crippen LogP contribution in [0.2, 0.25) is 0 Å². The topological polar surface area (TPSA) is 55.3 Å². The Labute approximate surface area is 169 Å². The molecule has 162 valence electrons. The molecule has 0 radical (unpaired) electrons. The fourth-order valence-corrected chi connectivity index (χ4v) is 3.56. The molecule has 0 amide bonds. The number of aliphatic imine (C=N–C) groups is 1. The van der Waals surface area contributed by atoms with Crippen molar-refractivity contribution in [1.29, 1.82) is 0 Å². The summed E-state index contributed by atoms with van der Waals surface area (Å²) in [6.07, 6.45) is -1.74. The minimum Gasteiger partial charge on any atom is -0.406 e. The molecule has 2 saturated heterocycles. The van der Waals surface area contributed by atoms with Crippen molar-refractivity contribution in [2.24, 2.45) is 4.99 Å². The smallest absolute Gasteiger partial charge is 0.406 e. The van der Waals surface area contributed by atoms with Crippen molar-refractivity contribution in [1.82, 2.24) is 10.2 Å². The molecule has 1 aromatic carbocycles. The Morgan fingerprint density at radius 1 is 1.21 bits per heavy atom. The Hall–Kier alpha value is -2.00. The number of guanidine groups is 1. The normalized spacial score (nSPS) is 23.3. The Kier molecular flexibility index (Phi) is 7.60. The van der Waals surface area contributed by atoms with Gasteiger partial charge in [0.2, 0.25) is 0 Å². The van der Waals surface area contributed by atoms with E-state index in [1.807, 2.05) is 6.92 Å². The number of alkyl halides is 3. The third-order valence-corrected chi connectivity index (χ3v) is 4.93. The lowest BCUT2D eigenvalue weighted by Crippen LogP contribution is -2.53. The second-order valence-electron chi connectivity index (χ2n) is 7.08. The molecule has 1 aromatic rings. The second-order valence-corrected chi connectivity index (χ2v) is 7.08. The van der Waals surface area contributed by atoms with Gasteiger partial charge < -0.3 is 24.4 Å². The lowest BCUT2D eigenvalue weighted by atomic mass is 10.1. The number of benzene rings is 1. The van der Waals surface area contributed by atoms with Crippen LogP contribution in [-0.4, -0.2) is 68.8 Å². The summed E-state index contributed by atoms with van der Waals surface area (Å²) >= 11 is 0. The number of rotatable bonds is 6. The SMILES string of the molecule is CCNC(=NCCc1ccc(OC(F)(F)F)cc1)N1CCOC(C2CCCO2)C1. The number of hydrogen-bond donors (Lipinski definition) is 1. The fraction of sp³-hybridized carbons (Fsp3) is 0.650. The highest BCUT2D eigenvalue weighted by Crippen LogP contribution is 2.23. The Morgan fingerprint density at radius 2 is 1.97 bits per heavy atom. The lowest BCUT2D eigenvalue weighted by molar-refractivity contribution is -0.274. The molecule has 2 heterocycles. The van der Waals surface area contributed by atoms with Crippen LogP contribution < -0.4 is 10.1 Å². The molecule has 9 heteroatoms. The first-order valence-corrected chi connectivity index (χ1v) is 10.1. The van der Waals surface area contributed by atoms with Crippen LogP contribution in [0.15, 0.2) is 29.3 Å². The maximum absolute atomic E-state index is 12.2. The number of nitrogens with one attached hydrogen (secondary N) is 1. The summed E-state index contributed by atoms with van der Waals surface area (Å²) in [4.78, 5) is 6.89. The highest BCUT2D eigenvalue weighted by molar-refractivity contribution is 5.80. The van der Waals surface area contributed by atoms with Gasteiger partial charge in [-0.15, -0.1) is 13.2 Å². The third kappa shape index (κ3) is 6.78. The van der Waals surface area contributed by atoms with Gasteiger partial charge in [0.1, 0.15) is 11.9 Å². The number of halogens is 3. The molecule has 0 spiro atoms. The first-order valence-electron chi connectivity index (χ1n) is 10.1. The van der Waals surface area contributed by atoms with E-state index in [4.69, 9.17) is 14.5 Å². The molecule has 2 aliphatic rings. The first-order chi connectivity index (χ1) is 13.9. The molecule has 2 fully saturated rings. The van der Waals surface area contributed by atoms with Crippen molar-refractivity contribution in [2.45, 2.75) is 44.8 Å². The highest BCUT2D eigenvalue weighted by atomic mass is 19.4. The predicted octanol–water partition coefficient (Wildman–Crippen LogP) is 2.97. The van der Waals surface area contributed by atoms with E-state index in [-0.39, 0.29) is 18.0 Å². The molecule has 0 aliphatic carbocycles. The largest absolute Gasteiger partial charge is 0.573 e. The van der Waals surface area contributed by atoms with Crippen molar-refractivity contribution in [3.63, 3.8) is 0 Å². The van der Waals surface area contributed by atoms with Crippen LogP contribution in [0, 0.1) is 0 Å². The number of morpholine rings is 1. The van der Waals surface area contributed by atoms with Crippen molar-refractivity contribution in [3.05, 3.63) is 29.8 Å². The summed E-state index contributed by atoms with van der Waals surface area (Å²) in [5.74, 6) is 0.613. The van der Waals surface area contributed by atoms with Gasteiger partial charge in [-0.3, -0.25) is 4.99 Å². The van der Waals surface area contributed by atoms with E-state index in [0.29, 0.717) is 19.6 Å². The molecule has 0 saturated carbocycles. The minimum atomic E-state index is -4.67. The van der Waals surface area contributed by atoms with Gasteiger partial charge in [0.05, 0.1) is 12.7 Å². The Bertz CT molecular complexity index is 661. The molecular formula is C20H28F3N3O3. The summed E-state index contributed by atoms with van der Waals surface area (Å²) in [6, 6.07) is 5.91. The molecule has 2 atom stereocenters. The van der Waals surface area contributed by atoms with E-state index in [0.717, 1.165) is 50.6 Å². The molecule has 0 aromatic heterocycles. The van der Waals surface area contributed by atoms with Crippen LogP contribution in [0.4, 0.5) is 13.2 Å². The summed E-state index contributed by atoms with van der Waals surface area (Å²) in [5.41, 5.74) is 0.901. The monoisotopic (exact) mass is 415 g/mol. The zero-order valence-corrected chi connectivity index (χ0v) is 16.6. The summed E-state index contributed by atoms with van der Waals surface area (Å²) in [7, 11) is 0. The van der Waals surface area contributed by atoms with Crippen LogP contribution in [-0.2, 0) is 15.9 Å². The van der Waals surface area contributed by atoms with E-state index < -0.39 is 6.36 Å². The highest BCUT2D eigenvalue weighted by Gasteiger charge is 2.32. The molecule has 2 aliphatic heterocycles. The first kappa shape index (κ1) is 21.7.